The van der Waals surface area contributed by atoms with E-state index in [0.29, 0.717) is 26.8 Å². The molecule has 11 heteroatoms. The van der Waals surface area contributed by atoms with Crippen LogP contribution in [0.3, 0.4) is 0 Å². The Kier molecular flexibility index (Phi) is 5.49. The highest BCUT2D eigenvalue weighted by molar-refractivity contribution is 8.00. The van der Waals surface area contributed by atoms with E-state index < -0.39 is 0 Å². The van der Waals surface area contributed by atoms with Gasteiger partial charge in [0, 0.05) is 17.1 Å². The van der Waals surface area contributed by atoms with Crippen LogP contribution in [0.15, 0.2) is 34.7 Å². The molecule has 0 aliphatic heterocycles. The van der Waals surface area contributed by atoms with Gasteiger partial charge in [-0.2, -0.15) is 4.98 Å². The van der Waals surface area contributed by atoms with E-state index in [2.05, 4.69) is 30.6 Å². The van der Waals surface area contributed by atoms with Crippen molar-refractivity contribution in [2.45, 2.75) is 30.4 Å². The molecule has 0 aliphatic carbocycles. The summed E-state index contributed by atoms with van der Waals surface area (Å²) in [6, 6.07) is 8.20. The van der Waals surface area contributed by atoms with E-state index in [0.717, 1.165) is 17.0 Å². The molecule has 1 amide bonds. The summed E-state index contributed by atoms with van der Waals surface area (Å²) in [7, 11) is 0. The van der Waals surface area contributed by atoms with Crippen LogP contribution in [0.4, 0.5) is 9.52 Å². The first-order valence-electron chi connectivity index (χ1n) is 8.67. The lowest BCUT2D eigenvalue weighted by molar-refractivity contribution is -0.115. The van der Waals surface area contributed by atoms with Crippen molar-refractivity contribution in [3.05, 3.63) is 58.9 Å². The van der Waals surface area contributed by atoms with Crippen molar-refractivity contribution in [1.29, 1.82) is 0 Å². The quantitative estimate of drug-likeness (QED) is 0.371. The third-order valence-electron chi connectivity index (χ3n) is 3.91. The standard InChI is InChI=1S/C18H16FN7OS2/c1-10-7-11(2)26-16(20-10)21-14(25-26)8-15(27)22-17-23-24-18(29-17)28-9-12-3-5-13(19)6-4-12/h3-7H,8-9H2,1-2H3,(H,22,23,27). The van der Waals surface area contributed by atoms with Crippen LogP contribution >= 0.6 is 23.1 Å². The number of rotatable bonds is 6. The highest BCUT2D eigenvalue weighted by Gasteiger charge is 2.14. The number of nitrogens with one attached hydrogen (secondary N) is 1. The van der Waals surface area contributed by atoms with Gasteiger partial charge in [-0.25, -0.2) is 13.9 Å². The fraction of sp³-hybridized carbons (Fsp3) is 0.222. The molecule has 0 atom stereocenters. The number of carbonyl (C=O) groups is 1. The zero-order valence-corrected chi connectivity index (χ0v) is 17.2. The summed E-state index contributed by atoms with van der Waals surface area (Å²) in [5, 5.41) is 15.5. The second-order valence-corrected chi connectivity index (χ2v) is 8.49. The average molecular weight is 430 g/mol. The summed E-state index contributed by atoms with van der Waals surface area (Å²) < 4.78 is 15.3. The monoisotopic (exact) mass is 429 g/mol. The maximum atomic E-state index is 12.9. The average Bonchev–Trinajstić information content (AvgIpc) is 3.27. The molecule has 0 fully saturated rings. The normalized spacial score (nSPS) is 11.1. The van der Waals surface area contributed by atoms with E-state index in [1.165, 1.54) is 35.2 Å². The number of amides is 1. The Morgan fingerprint density at radius 1 is 1.21 bits per heavy atom. The van der Waals surface area contributed by atoms with Crippen molar-refractivity contribution in [2.75, 3.05) is 5.32 Å². The van der Waals surface area contributed by atoms with Gasteiger partial charge in [0.25, 0.3) is 5.78 Å². The number of fused-ring (bicyclic) bond motifs is 1. The lowest BCUT2D eigenvalue weighted by atomic mass is 10.2. The molecule has 3 heterocycles. The van der Waals surface area contributed by atoms with Gasteiger partial charge in [0.15, 0.2) is 10.2 Å². The van der Waals surface area contributed by atoms with Crippen LogP contribution < -0.4 is 5.32 Å². The molecule has 3 aromatic heterocycles. The zero-order valence-electron chi connectivity index (χ0n) is 15.6. The smallest absolute Gasteiger partial charge is 0.252 e. The fourth-order valence-electron chi connectivity index (χ4n) is 2.63. The predicted molar refractivity (Wildman–Crippen MR) is 108 cm³/mol. The van der Waals surface area contributed by atoms with Gasteiger partial charge in [-0.15, -0.1) is 15.3 Å². The molecule has 0 saturated heterocycles. The van der Waals surface area contributed by atoms with E-state index in [1.54, 1.807) is 16.6 Å². The summed E-state index contributed by atoms with van der Waals surface area (Å²) in [4.78, 5) is 20.9. The Labute approximate surface area is 173 Å². The van der Waals surface area contributed by atoms with Gasteiger partial charge in [0.05, 0.1) is 6.42 Å². The summed E-state index contributed by atoms with van der Waals surface area (Å²) in [5.74, 6) is 0.960. The maximum absolute atomic E-state index is 12.9. The maximum Gasteiger partial charge on any atom is 0.252 e. The molecular weight excluding hydrogens is 413 g/mol. The minimum Gasteiger partial charge on any atom is -0.300 e. The van der Waals surface area contributed by atoms with Crippen molar-refractivity contribution in [1.82, 2.24) is 29.8 Å². The molecule has 4 aromatic rings. The number of halogens is 1. The number of aromatic nitrogens is 6. The lowest BCUT2D eigenvalue weighted by Gasteiger charge is -1.98. The molecule has 29 heavy (non-hydrogen) atoms. The summed E-state index contributed by atoms with van der Waals surface area (Å²) in [6.07, 6.45) is 0.0134. The molecule has 0 unspecified atom stereocenters. The highest BCUT2D eigenvalue weighted by atomic mass is 32.2. The Morgan fingerprint density at radius 3 is 2.79 bits per heavy atom. The number of benzene rings is 1. The number of hydrogen-bond acceptors (Lipinski definition) is 8. The molecule has 0 radical (unpaired) electrons. The molecule has 0 aliphatic rings. The third-order valence-corrected chi connectivity index (χ3v) is 5.95. The molecule has 0 bridgehead atoms. The predicted octanol–water partition coefficient (Wildman–Crippen LogP) is 3.21. The van der Waals surface area contributed by atoms with Crippen LogP contribution in [0.25, 0.3) is 5.78 Å². The number of anilines is 1. The zero-order chi connectivity index (χ0) is 20.4. The number of hydrogen-bond donors (Lipinski definition) is 1. The molecule has 1 aromatic carbocycles. The summed E-state index contributed by atoms with van der Waals surface area (Å²) in [5.41, 5.74) is 2.73. The first-order chi connectivity index (χ1) is 14.0. The van der Waals surface area contributed by atoms with Gasteiger partial charge < -0.3 is 5.32 Å². The number of aryl methyl sites for hydroxylation is 2. The van der Waals surface area contributed by atoms with Crippen LogP contribution in [-0.2, 0) is 17.0 Å². The molecule has 0 spiro atoms. The Hall–Kier alpha value is -2.92. The molecule has 0 saturated carbocycles. The van der Waals surface area contributed by atoms with Crippen LogP contribution in [0, 0.1) is 19.7 Å². The van der Waals surface area contributed by atoms with Gasteiger partial charge in [-0.3, -0.25) is 4.79 Å². The second kappa shape index (κ2) is 8.21. The van der Waals surface area contributed by atoms with Crippen molar-refractivity contribution in [2.24, 2.45) is 0 Å². The van der Waals surface area contributed by atoms with Crippen molar-refractivity contribution >= 4 is 39.9 Å². The van der Waals surface area contributed by atoms with Crippen LogP contribution in [0.2, 0.25) is 0 Å². The summed E-state index contributed by atoms with van der Waals surface area (Å²) in [6.45, 7) is 3.79. The van der Waals surface area contributed by atoms with Gasteiger partial charge >= 0.3 is 0 Å². The van der Waals surface area contributed by atoms with Crippen LogP contribution in [0.5, 0.6) is 0 Å². The van der Waals surface area contributed by atoms with Crippen molar-refractivity contribution in [3.63, 3.8) is 0 Å². The Bertz CT molecular complexity index is 1170. The van der Waals surface area contributed by atoms with E-state index >= 15 is 0 Å². The molecule has 8 nitrogen and oxygen atoms in total. The topological polar surface area (TPSA) is 98.0 Å². The van der Waals surface area contributed by atoms with Crippen molar-refractivity contribution in [3.8, 4) is 0 Å². The number of thioether (sulfide) groups is 1. The SMILES string of the molecule is Cc1cc(C)n2nc(CC(=O)Nc3nnc(SCc4ccc(F)cc4)s3)nc2n1. The van der Waals surface area contributed by atoms with Crippen molar-refractivity contribution < 1.29 is 9.18 Å². The lowest BCUT2D eigenvalue weighted by Crippen LogP contribution is -2.15. The minimum absolute atomic E-state index is 0.0134. The first-order valence-corrected chi connectivity index (χ1v) is 10.5. The third kappa shape index (κ3) is 4.74. The van der Waals surface area contributed by atoms with Gasteiger partial charge in [-0.05, 0) is 37.6 Å². The Morgan fingerprint density at radius 2 is 2.00 bits per heavy atom. The minimum atomic E-state index is -0.276. The number of carbonyl (C=O) groups excluding carboxylic acids is 1. The van der Waals surface area contributed by atoms with E-state index in [1.807, 2.05) is 19.9 Å². The van der Waals surface area contributed by atoms with Crippen LogP contribution in [-0.4, -0.2) is 35.7 Å². The van der Waals surface area contributed by atoms with Gasteiger partial charge in [0.2, 0.25) is 11.0 Å². The first kappa shape index (κ1) is 19.4. The van der Waals surface area contributed by atoms with E-state index in [4.69, 9.17) is 0 Å². The highest BCUT2D eigenvalue weighted by Crippen LogP contribution is 2.28. The second-order valence-electron chi connectivity index (χ2n) is 6.29. The summed E-state index contributed by atoms with van der Waals surface area (Å²) >= 11 is 2.75. The van der Waals surface area contributed by atoms with Gasteiger partial charge in [0.1, 0.15) is 5.82 Å². The Balaban J connectivity index is 1.35. The van der Waals surface area contributed by atoms with E-state index in [9.17, 15) is 9.18 Å². The largest absolute Gasteiger partial charge is 0.300 e. The molecule has 4 rings (SSSR count). The van der Waals surface area contributed by atoms with Crippen LogP contribution in [0.1, 0.15) is 22.8 Å². The molecule has 148 valence electrons. The fourth-order valence-corrected chi connectivity index (χ4v) is 4.36. The molecule has 1 N–H and O–H groups in total. The van der Waals surface area contributed by atoms with Gasteiger partial charge in [-0.1, -0.05) is 35.2 Å². The number of nitrogens with zero attached hydrogens (tertiary/aromatic N) is 6. The molecular formula is C18H16FN7OS2. The van der Waals surface area contributed by atoms with E-state index in [-0.39, 0.29) is 18.1 Å².